The Hall–Kier alpha value is -1.00. The van der Waals surface area contributed by atoms with Gasteiger partial charge in [-0.15, -0.1) is 0 Å². The third-order valence-corrected chi connectivity index (χ3v) is 2.02. The number of ether oxygens (including phenoxy) is 1. The molecule has 0 fully saturated rings. The summed E-state index contributed by atoms with van der Waals surface area (Å²) in [6, 6.07) is 1.70. The largest absolute Gasteiger partial charge is 0.390 e. The van der Waals surface area contributed by atoms with Crippen LogP contribution >= 0.6 is 0 Å². The molecule has 4 nitrogen and oxygen atoms in total. The SMILES string of the molecule is CCCC(OC)c1nccc(CO)n1. The van der Waals surface area contributed by atoms with Crippen LogP contribution in [0, 0.1) is 0 Å². The van der Waals surface area contributed by atoms with Gasteiger partial charge in [0.25, 0.3) is 0 Å². The van der Waals surface area contributed by atoms with E-state index in [4.69, 9.17) is 9.84 Å². The number of aliphatic hydroxyl groups excluding tert-OH is 1. The highest BCUT2D eigenvalue weighted by atomic mass is 16.5. The standard InChI is InChI=1S/C10H16N2O2/c1-3-4-9(14-2)10-11-6-5-8(7-13)12-10/h5-6,9,13H,3-4,7H2,1-2H3. The lowest BCUT2D eigenvalue weighted by molar-refractivity contribution is 0.0871. The van der Waals surface area contributed by atoms with Crippen LogP contribution in [0.25, 0.3) is 0 Å². The Labute approximate surface area is 84.0 Å². The Morgan fingerprint density at radius 2 is 2.36 bits per heavy atom. The van der Waals surface area contributed by atoms with E-state index in [9.17, 15) is 0 Å². The normalized spacial score (nSPS) is 12.8. The van der Waals surface area contributed by atoms with Gasteiger partial charge in [-0.2, -0.15) is 0 Å². The van der Waals surface area contributed by atoms with Gasteiger partial charge in [0.1, 0.15) is 6.10 Å². The molecule has 0 spiro atoms. The molecule has 1 heterocycles. The van der Waals surface area contributed by atoms with Gasteiger partial charge in [-0.1, -0.05) is 13.3 Å². The van der Waals surface area contributed by atoms with Crippen LogP contribution in [0.2, 0.25) is 0 Å². The topological polar surface area (TPSA) is 55.2 Å². The average molecular weight is 196 g/mol. The second-order valence-corrected chi connectivity index (χ2v) is 3.08. The first-order chi connectivity index (χ1) is 6.81. The molecule has 0 aliphatic rings. The molecule has 0 aromatic carbocycles. The number of aromatic nitrogens is 2. The maximum absolute atomic E-state index is 8.92. The molecule has 0 amide bonds. The zero-order chi connectivity index (χ0) is 10.4. The summed E-state index contributed by atoms with van der Waals surface area (Å²) in [7, 11) is 1.65. The molecule has 0 aliphatic carbocycles. The summed E-state index contributed by atoms with van der Waals surface area (Å²) in [5.41, 5.74) is 0.633. The minimum atomic E-state index is -0.0634. The van der Waals surface area contributed by atoms with Crippen molar-refractivity contribution in [3.05, 3.63) is 23.8 Å². The molecule has 4 heteroatoms. The predicted molar refractivity (Wildman–Crippen MR) is 52.6 cm³/mol. The molecule has 1 rings (SSSR count). The van der Waals surface area contributed by atoms with Gasteiger partial charge in [0.2, 0.25) is 0 Å². The van der Waals surface area contributed by atoms with Gasteiger partial charge in [-0.05, 0) is 12.5 Å². The first-order valence-corrected chi connectivity index (χ1v) is 4.77. The van der Waals surface area contributed by atoms with Crippen molar-refractivity contribution in [2.45, 2.75) is 32.5 Å². The molecular weight excluding hydrogens is 180 g/mol. The van der Waals surface area contributed by atoms with Crippen LogP contribution in [0.3, 0.4) is 0 Å². The average Bonchev–Trinajstić information content (AvgIpc) is 2.26. The number of hydrogen-bond donors (Lipinski definition) is 1. The lowest BCUT2D eigenvalue weighted by Crippen LogP contribution is -2.07. The fourth-order valence-electron chi connectivity index (χ4n) is 1.27. The molecule has 1 aromatic heterocycles. The van der Waals surface area contributed by atoms with E-state index in [1.54, 1.807) is 19.4 Å². The van der Waals surface area contributed by atoms with Crippen LogP contribution in [-0.4, -0.2) is 22.2 Å². The number of hydrogen-bond acceptors (Lipinski definition) is 4. The van der Waals surface area contributed by atoms with Crippen molar-refractivity contribution in [3.8, 4) is 0 Å². The van der Waals surface area contributed by atoms with Crippen molar-refractivity contribution in [3.63, 3.8) is 0 Å². The molecule has 14 heavy (non-hydrogen) atoms. The summed E-state index contributed by atoms with van der Waals surface area (Å²) in [5.74, 6) is 0.654. The second kappa shape index (κ2) is 5.67. The van der Waals surface area contributed by atoms with E-state index in [1.807, 2.05) is 0 Å². The summed E-state index contributed by atoms with van der Waals surface area (Å²) < 4.78 is 5.27. The van der Waals surface area contributed by atoms with Crippen molar-refractivity contribution in [1.82, 2.24) is 9.97 Å². The van der Waals surface area contributed by atoms with Crippen LogP contribution in [-0.2, 0) is 11.3 Å². The lowest BCUT2D eigenvalue weighted by Gasteiger charge is -2.12. The van der Waals surface area contributed by atoms with E-state index in [0.717, 1.165) is 12.8 Å². The Bertz CT molecular complexity index is 279. The first kappa shape index (κ1) is 11.1. The fourth-order valence-corrected chi connectivity index (χ4v) is 1.27. The Morgan fingerprint density at radius 1 is 1.57 bits per heavy atom. The lowest BCUT2D eigenvalue weighted by atomic mass is 10.2. The Kier molecular flexibility index (Phi) is 4.49. The highest BCUT2D eigenvalue weighted by Crippen LogP contribution is 2.17. The van der Waals surface area contributed by atoms with Crippen LogP contribution < -0.4 is 0 Å². The van der Waals surface area contributed by atoms with Crippen LogP contribution in [0.5, 0.6) is 0 Å². The van der Waals surface area contributed by atoms with Crippen LogP contribution in [0.4, 0.5) is 0 Å². The minimum absolute atomic E-state index is 0.0575. The second-order valence-electron chi connectivity index (χ2n) is 3.08. The molecule has 0 aliphatic heterocycles. The number of aliphatic hydroxyl groups is 1. The molecule has 1 unspecified atom stereocenters. The molecule has 1 atom stereocenters. The van der Waals surface area contributed by atoms with Crippen molar-refractivity contribution >= 4 is 0 Å². The first-order valence-electron chi connectivity index (χ1n) is 4.77. The molecule has 78 valence electrons. The van der Waals surface area contributed by atoms with Crippen LogP contribution in [0.15, 0.2) is 12.3 Å². The van der Waals surface area contributed by atoms with Crippen molar-refractivity contribution in [2.75, 3.05) is 7.11 Å². The maximum atomic E-state index is 8.92. The highest BCUT2D eigenvalue weighted by Gasteiger charge is 2.12. The monoisotopic (exact) mass is 196 g/mol. The zero-order valence-electron chi connectivity index (χ0n) is 8.60. The summed E-state index contributed by atoms with van der Waals surface area (Å²) in [6.45, 7) is 2.03. The molecule has 0 radical (unpaired) electrons. The minimum Gasteiger partial charge on any atom is -0.390 e. The molecule has 0 bridgehead atoms. The summed E-state index contributed by atoms with van der Waals surface area (Å²) in [6.07, 6.45) is 3.50. The molecule has 1 N–H and O–H groups in total. The van der Waals surface area contributed by atoms with E-state index in [-0.39, 0.29) is 12.7 Å². The number of nitrogens with zero attached hydrogens (tertiary/aromatic N) is 2. The molecular formula is C10H16N2O2. The third-order valence-electron chi connectivity index (χ3n) is 2.02. The number of rotatable bonds is 5. The predicted octanol–water partition coefficient (Wildman–Crippen LogP) is 1.46. The fraction of sp³-hybridized carbons (Fsp3) is 0.600. The van der Waals surface area contributed by atoms with E-state index in [0.29, 0.717) is 11.5 Å². The van der Waals surface area contributed by atoms with E-state index >= 15 is 0 Å². The third kappa shape index (κ3) is 2.75. The van der Waals surface area contributed by atoms with Gasteiger partial charge >= 0.3 is 0 Å². The van der Waals surface area contributed by atoms with E-state index in [2.05, 4.69) is 16.9 Å². The molecule has 1 aromatic rings. The van der Waals surface area contributed by atoms with Gasteiger partial charge in [-0.25, -0.2) is 9.97 Å². The molecule has 0 saturated heterocycles. The van der Waals surface area contributed by atoms with Crippen LogP contribution in [0.1, 0.15) is 37.4 Å². The smallest absolute Gasteiger partial charge is 0.157 e. The zero-order valence-corrected chi connectivity index (χ0v) is 8.60. The number of methoxy groups -OCH3 is 1. The van der Waals surface area contributed by atoms with Gasteiger partial charge in [0.05, 0.1) is 12.3 Å². The Morgan fingerprint density at radius 3 is 2.93 bits per heavy atom. The summed E-state index contributed by atoms with van der Waals surface area (Å²) in [4.78, 5) is 8.32. The van der Waals surface area contributed by atoms with E-state index in [1.165, 1.54) is 0 Å². The summed E-state index contributed by atoms with van der Waals surface area (Å²) >= 11 is 0. The van der Waals surface area contributed by atoms with Crippen molar-refractivity contribution in [1.29, 1.82) is 0 Å². The van der Waals surface area contributed by atoms with E-state index < -0.39 is 0 Å². The molecule has 0 saturated carbocycles. The van der Waals surface area contributed by atoms with Gasteiger partial charge in [0.15, 0.2) is 5.82 Å². The highest BCUT2D eigenvalue weighted by molar-refractivity contribution is 5.03. The van der Waals surface area contributed by atoms with Crippen molar-refractivity contribution in [2.24, 2.45) is 0 Å². The quantitative estimate of drug-likeness (QED) is 0.774. The van der Waals surface area contributed by atoms with Gasteiger partial charge in [0, 0.05) is 13.3 Å². The van der Waals surface area contributed by atoms with Gasteiger partial charge < -0.3 is 9.84 Å². The maximum Gasteiger partial charge on any atom is 0.157 e. The summed E-state index contributed by atoms with van der Waals surface area (Å²) in [5, 5.41) is 8.92. The van der Waals surface area contributed by atoms with Gasteiger partial charge in [-0.3, -0.25) is 0 Å². The Balaban J connectivity index is 2.80. The van der Waals surface area contributed by atoms with Crippen molar-refractivity contribution < 1.29 is 9.84 Å².